The molecule has 0 N–H and O–H groups in total. The van der Waals surface area contributed by atoms with Crippen LogP contribution in [0.1, 0.15) is 43.2 Å². The second-order valence-electron chi connectivity index (χ2n) is 6.69. The van der Waals surface area contributed by atoms with Gasteiger partial charge in [-0.2, -0.15) is 0 Å². The number of hydrogen-bond donors (Lipinski definition) is 0. The highest BCUT2D eigenvalue weighted by molar-refractivity contribution is 5.34. The number of nitrogens with zero attached hydrogens (tertiary/aromatic N) is 1. The average molecular weight is 329 g/mol. The van der Waals surface area contributed by atoms with Crippen molar-refractivity contribution in [2.24, 2.45) is 0 Å². The van der Waals surface area contributed by atoms with Crippen molar-refractivity contribution in [3.8, 4) is 11.8 Å². The normalized spacial score (nSPS) is 18.7. The van der Waals surface area contributed by atoms with Gasteiger partial charge in [-0.05, 0) is 37.0 Å². The molecule has 25 heavy (non-hydrogen) atoms. The molecule has 1 aliphatic carbocycles. The van der Waals surface area contributed by atoms with Gasteiger partial charge < -0.3 is 0 Å². The molecule has 0 bridgehead atoms. The third kappa shape index (κ3) is 5.93. The molecule has 0 saturated carbocycles. The first-order valence-electron chi connectivity index (χ1n) is 9.40. The zero-order valence-corrected chi connectivity index (χ0v) is 14.9. The molecule has 0 spiro atoms. The number of allylic oxidation sites excluding steroid dienone is 1. The molecule has 2 aromatic carbocycles. The lowest BCUT2D eigenvalue weighted by molar-refractivity contribution is 0.232. The van der Waals surface area contributed by atoms with Crippen LogP contribution < -0.4 is 0 Å². The Morgan fingerprint density at radius 2 is 1.64 bits per heavy atom. The standard InChI is InChI=1S/C24H27N/c1-2-10-18-24(19-11-3-1)25(21-23-15-8-5-9-16-23)20-12-17-22-13-6-4-7-14-22/h4-10,13-16,18,24H,1-3,11,19-21H2/b18-10-. The van der Waals surface area contributed by atoms with Gasteiger partial charge in [0, 0.05) is 18.2 Å². The molecule has 1 nitrogen and oxygen atoms in total. The van der Waals surface area contributed by atoms with Gasteiger partial charge in [0.2, 0.25) is 0 Å². The van der Waals surface area contributed by atoms with Crippen molar-refractivity contribution in [3.63, 3.8) is 0 Å². The summed E-state index contributed by atoms with van der Waals surface area (Å²) in [5.74, 6) is 6.71. The second kappa shape index (κ2) is 9.87. The summed E-state index contributed by atoms with van der Waals surface area (Å²) in [6.45, 7) is 1.76. The Labute approximate surface area is 152 Å². The molecule has 0 aliphatic heterocycles. The van der Waals surface area contributed by atoms with Crippen molar-refractivity contribution >= 4 is 0 Å². The first kappa shape index (κ1) is 17.5. The van der Waals surface area contributed by atoms with E-state index in [0.717, 1.165) is 18.7 Å². The van der Waals surface area contributed by atoms with Gasteiger partial charge in [-0.15, -0.1) is 0 Å². The summed E-state index contributed by atoms with van der Waals surface area (Å²) in [5, 5.41) is 0. The molecule has 2 aromatic rings. The van der Waals surface area contributed by atoms with E-state index in [2.05, 4.69) is 71.4 Å². The molecule has 0 amide bonds. The van der Waals surface area contributed by atoms with Gasteiger partial charge in [-0.3, -0.25) is 4.90 Å². The highest BCUT2D eigenvalue weighted by Gasteiger charge is 2.16. The monoisotopic (exact) mass is 329 g/mol. The van der Waals surface area contributed by atoms with Gasteiger partial charge in [0.15, 0.2) is 0 Å². The summed E-state index contributed by atoms with van der Waals surface area (Å²) in [4.78, 5) is 2.52. The van der Waals surface area contributed by atoms with Crippen LogP contribution in [0.25, 0.3) is 0 Å². The maximum atomic E-state index is 3.40. The minimum atomic E-state index is 0.491. The third-order valence-electron chi connectivity index (χ3n) is 4.72. The van der Waals surface area contributed by atoms with E-state index in [1.165, 1.54) is 37.7 Å². The molecule has 0 aromatic heterocycles. The van der Waals surface area contributed by atoms with Crippen LogP contribution in [0.2, 0.25) is 0 Å². The number of hydrogen-bond acceptors (Lipinski definition) is 1. The molecular weight excluding hydrogens is 302 g/mol. The molecule has 0 saturated heterocycles. The van der Waals surface area contributed by atoms with Crippen LogP contribution in [0.15, 0.2) is 72.8 Å². The minimum Gasteiger partial charge on any atom is -0.282 e. The first-order chi connectivity index (χ1) is 12.4. The fraction of sp³-hybridized carbons (Fsp3) is 0.333. The van der Waals surface area contributed by atoms with Gasteiger partial charge in [-0.1, -0.05) is 85.4 Å². The molecule has 1 aliphatic rings. The van der Waals surface area contributed by atoms with E-state index in [0.29, 0.717) is 6.04 Å². The Kier molecular flexibility index (Phi) is 6.91. The Hall–Kier alpha value is -2.30. The number of rotatable bonds is 4. The van der Waals surface area contributed by atoms with Crippen molar-refractivity contribution in [3.05, 3.63) is 83.9 Å². The van der Waals surface area contributed by atoms with E-state index in [9.17, 15) is 0 Å². The largest absolute Gasteiger partial charge is 0.282 e. The Balaban J connectivity index is 1.73. The van der Waals surface area contributed by atoms with Crippen LogP contribution in [0.4, 0.5) is 0 Å². The maximum absolute atomic E-state index is 3.40. The Morgan fingerprint density at radius 3 is 2.44 bits per heavy atom. The van der Waals surface area contributed by atoms with Gasteiger partial charge in [0.25, 0.3) is 0 Å². The molecule has 1 heteroatoms. The zero-order chi connectivity index (χ0) is 17.2. The van der Waals surface area contributed by atoms with Crippen LogP contribution in [0.3, 0.4) is 0 Å². The molecule has 0 radical (unpaired) electrons. The van der Waals surface area contributed by atoms with Crippen molar-refractivity contribution < 1.29 is 0 Å². The van der Waals surface area contributed by atoms with Crippen molar-refractivity contribution in [1.82, 2.24) is 4.90 Å². The highest BCUT2D eigenvalue weighted by atomic mass is 15.1. The lowest BCUT2D eigenvalue weighted by atomic mass is 10.0. The lowest BCUT2D eigenvalue weighted by Crippen LogP contribution is -2.34. The van der Waals surface area contributed by atoms with Crippen LogP contribution in [-0.4, -0.2) is 17.5 Å². The summed E-state index contributed by atoms with van der Waals surface area (Å²) >= 11 is 0. The van der Waals surface area contributed by atoms with Crippen LogP contribution in [0.5, 0.6) is 0 Å². The summed E-state index contributed by atoms with van der Waals surface area (Å²) in [7, 11) is 0. The van der Waals surface area contributed by atoms with E-state index in [1.54, 1.807) is 0 Å². The van der Waals surface area contributed by atoms with E-state index in [-0.39, 0.29) is 0 Å². The molecule has 1 unspecified atom stereocenters. The van der Waals surface area contributed by atoms with E-state index in [4.69, 9.17) is 0 Å². The highest BCUT2D eigenvalue weighted by Crippen LogP contribution is 2.18. The van der Waals surface area contributed by atoms with Crippen molar-refractivity contribution in [2.45, 2.75) is 44.7 Å². The SMILES string of the molecule is C(#Cc1ccccc1)CN(Cc1ccccc1)C1/C=C\CCCCC1. The van der Waals surface area contributed by atoms with Gasteiger partial charge >= 0.3 is 0 Å². The molecule has 128 valence electrons. The summed E-state index contributed by atoms with van der Waals surface area (Å²) in [6.07, 6.45) is 11.2. The van der Waals surface area contributed by atoms with Crippen LogP contribution in [-0.2, 0) is 6.54 Å². The van der Waals surface area contributed by atoms with Gasteiger partial charge in [0.1, 0.15) is 0 Å². The fourth-order valence-corrected chi connectivity index (χ4v) is 3.32. The smallest absolute Gasteiger partial charge is 0.0613 e. The fourth-order valence-electron chi connectivity index (χ4n) is 3.32. The minimum absolute atomic E-state index is 0.491. The van der Waals surface area contributed by atoms with Crippen molar-refractivity contribution in [2.75, 3.05) is 6.54 Å². The first-order valence-corrected chi connectivity index (χ1v) is 9.40. The third-order valence-corrected chi connectivity index (χ3v) is 4.72. The van der Waals surface area contributed by atoms with Gasteiger partial charge in [-0.25, -0.2) is 0 Å². The molecule has 0 fully saturated rings. The van der Waals surface area contributed by atoms with Gasteiger partial charge in [0.05, 0.1) is 6.54 Å². The van der Waals surface area contributed by atoms with E-state index < -0.39 is 0 Å². The van der Waals surface area contributed by atoms with E-state index in [1.807, 2.05) is 18.2 Å². The summed E-state index contributed by atoms with van der Waals surface area (Å²) < 4.78 is 0. The zero-order valence-electron chi connectivity index (χ0n) is 14.9. The van der Waals surface area contributed by atoms with Crippen LogP contribution in [0, 0.1) is 11.8 Å². The maximum Gasteiger partial charge on any atom is 0.0613 e. The molecule has 0 heterocycles. The van der Waals surface area contributed by atoms with Crippen molar-refractivity contribution in [1.29, 1.82) is 0 Å². The summed E-state index contributed by atoms with van der Waals surface area (Å²) in [5.41, 5.74) is 2.45. The predicted octanol–water partition coefficient (Wildman–Crippen LogP) is 5.43. The molecular formula is C24H27N. The molecule has 1 atom stereocenters. The number of benzene rings is 2. The lowest BCUT2D eigenvalue weighted by Gasteiger charge is -2.29. The van der Waals surface area contributed by atoms with Crippen LogP contribution >= 0.6 is 0 Å². The quantitative estimate of drug-likeness (QED) is 0.534. The van der Waals surface area contributed by atoms with E-state index >= 15 is 0 Å². The second-order valence-corrected chi connectivity index (χ2v) is 6.69. The topological polar surface area (TPSA) is 3.24 Å². The summed E-state index contributed by atoms with van der Waals surface area (Å²) in [6, 6.07) is 21.5. The molecule has 3 rings (SSSR count). The predicted molar refractivity (Wildman–Crippen MR) is 106 cm³/mol. The Morgan fingerprint density at radius 1 is 0.880 bits per heavy atom. The average Bonchev–Trinajstić information content (AvgIpc) is 2.63. The Bertz CT molecular complexity index is 706.